The van der Waals surface area contributed by atoms with Gasteiger partial charge in [-0.15, -0.1) is 0 Å². The monoisotopic (exact) mass is 430 g/mol. The number of aliphatic hydroxyl groups is 4. The third kappa shape index (κ3) is 5.24. The van der Waals surface area contributed by atoms with Crippen LogP contribution in [0.1, 0.15) is 79.1 Å². The summed E-state index contributed by atoms with van der Waals surface area (Å²) in [5.41, 5.74) is 3.75. The Morgan fingerprint density at radius 1 is 1.26 bits per heavy atom. The molecule has 0 aromatic heterocycles. The molecule has 0 aliphatic heterocycles. The van der Waals surface area contributed by atoms with Crippen LogP contribution in [0.3, 0.4) is 0 Å². The Hall–Kier alpha value is -1.20. The topological polar surface area (TPSA) is 80.9 Å². The first-order valence-corrected chi connectivity index (χ1v) is 12.0. The average molecular weight is 431 g/mol. The molecule has 0 radical (unpaired) electrons. The van der Waals surface area contributed by atoms with Crippen molar-refractivity contribution in [1.29, 1.82) is 0 Å². The van der Waals surface area contributed by atoms with Crippen molar-refractivity contribution < 1.29 is 20.4 Å². The van der Waals surface area contributed by atoms with Crippen LogP contribution in [0.5, 0.6) is 0 Å². The van der Waals surface area contributed by atoms with Crippen molar-refractivity contribution in [3.8, 4) is 0 Å². The molecule has 0 aromatic rings. The Kier molecular flexibility index (Phi) is 7.37. The van der Waals surface area contributed by atoms with E-state index in [9.17, 15) is 20.4 Å². The Balaban J connectivity index is 1.72. The van der Waals surface area contributed by atoms with Crippen molar-refractivity contribution in [3.05, 3.63) is 47.1 Å². The van der Waals surface area contributed by atoms with Crippen LogP contribution >= 0.6 is 0 Å². The van der Waals surface area contributed by atoms with Gasteiger partial charge in [-0.1, -0.05) is 49.8 Å². The van der Waals surface area contributed by atoms with E-state index < -0.39 is 23.9 Å². The molecule has 0 aromatic carbocycles. The quantitative estimate of drug-likeness (QED) is 0.465. The van der Waals surface area contributed by atoms with Crippen LogP contribution in [0.15, 0.2) is 47.1 Å². The zero-order valence-corrected chi connectivity index (χ0v) is 19.8. The fourth-order valence-corrected chi connectivity index (χ4v) is 6.00. The van der Waals surface area contributed by atoms with Gasteiger partial charge in [0.25, 0.3) is 0 Å². The summed E-state index contributed by atoms with van der Waals surface area (Å²) < 4.78 is 0. The van der Waals surface area contributed by atoms with Crippen LogP contribution in [0.25, 0.3) is 0 Å². The molecule has 0 amide bonds. The van der Waals surface area contributed by atoms with Crippen LogP contribution in [0, 0.1) is 17.3 Å². The zero-order valence-electron chi connectivity index (χ0n) is 19.8. The summed E-state index contributed by atoms with van der Waals surface area (Å²) in [7, 11) is 0. The zero-order chi connectivity index (χ0) is 23.0. The summed E-state index contributed by atoms with van der Waals surface area (Å²) in [5.74, 6) is 0.870. The minimum atomic E-state index is -1.06. The molecule has 3 rings (SSSR count). The van der Waals surface area contributed by atoms with Crippen LogP contribution in [0.4, 0.5) is 0 Å². The summed E-state index contributed by atoms with van der Waals surface area (Å²) >= 11 is 0. The number of hydrogen-bond acceptors (Lipinski definition) is 4. The average Bonchev–Trinajstić information content (AvgIpc) is 3.04. The van der Waals surface area contributed by atoms with E-state index in [1.807, 2.05) is 0 Å². The minimum Gasteiger partial charge on any atom is -0.393 e. The molecule has 0 heterocycles. The Morgan fingerprint density at radius 2 is 1.97 bits per heavy atom. The molecular formula is C27H42O4. The largest absolute Gasteiger partial charge is 0.393 e. The first kappa shape index (κ1) is 24.4. The maximum absolute atomic E-state index is 10.2. The Bertz CT molecular complexity index is 769. The molecule has 0 spiro atoms. The van der Waals surface area contributed by atoms with Crippen molar-refractivity contribution in [1.82, 2.24) is 0 Å². The summed E-state index contributed by atoms with van der Waals surface area (Å²) in [6.45, 7) is 12.0. The van der Waals surface area contributed by atoms with Crippen LogP contribution in [-0.4, -0.2) is 44.3 Å². The molecule has 3 aliphatic rings. The van der Waals surface area contributed by atoms with Crippen LogP contribution in [-0.2, 0) is 0 Å². The van der Waals surface area contributed by atoms with Gasteiger partial charge in [0.15, 0.2) is 0 Å². The predicted octanol–water partition coefficient (Wildman–Crippen LogP) is 4.60. The van der Waals surface area contributed by atoms with E-state index in [2.05, 4.69) is 38.7 Å². The van der Waals surface area contributed by atoms with E-state index in [-0.39, 0.29) is 5.41 Å². The van der Waals surface area contributed by atoms with Crippen molar-refractivity contribution in [2.24, 2.45) is 17.3 Å². The van der Waals surface area contributed by atoms with E-state index in [4.69, 9.17) is 0 Å². The number of rotatable bonds is 6. The van der Waals surface area contributed by atoms with Gasteiger partial charge in [0.2, 0.25) is 0 Å². The van der Waals surface area contributed by atoms with Crippen molar-refractivity contribution in [3.63, 3.8) is 0 Å². The smallest absolute Gasteiger partial charge is 0.0849 e. The first-order chi connectivity index (χ1) is 14.4. The highest BCUT2D eigenvalue weighted by Gasteiger charge is 2.46. The first-order valence-electron chi connectivity index (χ1n) is 12.0. The van der Waals surface area contributed by atoms with E-state index in [1.54, 1.807) is 13.8 Å². The predicted molar refractivity (Wildman–Crippen MR) is 125 cm³/mol. The van der Waals surface area contributed by atoms with Crippen LogP contribution < -0.4 is 0 Å². The van der Waals surface area contributed by atoms with Gasteiger partial charge in [-0.05, 0) is 87.2 Å². The lowest BCUT2D eigenvalue weighted by Crippen LogP contribution is -2.36. The molecule has 2 saturated carbocycles. The van der Waals surface area contributed by atoms with Gasteiger partial charge in [0.1, 0.15) is 0 Å². The van der Waals surface area contributed by atoms with Gasteiger partial charge < -0.3 is 20.4 Å². The maximum atomic E-state index is 10.2. The molecular weight excluding hydrogens is 388 g/mol. The normalized spacial score (nSPS) is 36.5. The molecule has 6 atom stereocenters. The highest BCUT2D eigenvalue weighted by Crippen LogP contribution is 2.57. The fraction of sp³-hybridized carbons (Fsp3) is 0.704. The number of allylic oxidation sites excluding steroid dienone is 5. The molecule has 2 fully saturated rings. The SMILES string of the molecule is C=C1C(=CC=C2CCC[C@]3(C)C([C@H](C)CCC(O)C(C)(C)O)=CC[C@@H]23)C[C@H](O)C[C@@H]1O. The molecule has 174 valence electrons. The second kappa shape index (κ2) is 9.35. The van der Waals surface area contributed by atoms with E-state index in [0.29, 0.717) is 31.1 Å². The highest BCUT2D eigenvalue weighted by molar-refractivity contribution is 5.40. The molecule has 31 heavy (non-hydrogen) atoms. The van der Waals surface area contributed by atoms with E-state index in [1.165, 1.54) is 17.6 Å². The van der Waals surface area contributed by atoms with Gasteiger partial charge in [-0.3, -0.25) is 0 Å². The van der Waals surface area contributed by atoms with E-state index >= 15 is 0 Å². The third-order valence-electron chi connectivity index (χ3n) is 8.09. The van der Waals surface area contributed by atoms with Crippen LogP contribution in [0.2, 0.25) is 0 Å². The van der Waals surface area contributed by atoms with E-state index in [0.717, 1.165) is 36.8 Å². The number of hydrogen-bond donors (Lipinski definition) is 4. The molecule has 4 N–H and O–H groups in total. The summed E-state index contributed by atoms with van der Waals surface area (Å²) in [5, 5.41) is 40.4. The summed E-state index contributed by atoms with van der Waals surface area (Å²) in [6.07, 6.45) is 11.8. The van der Waals surface area contributed by atoms with Crippen molar-refractivity contribution in [2.75, 3.05) is 0 Å². The summed E-state index contributed by atoms with van der Waals surface area (Å²) in [6, 6.07) is 0. The van der Waals surface area contributed by atoms with Gasteiger partial charge in [-0.2, -0.15) is 0 Å². The highest BCUT2D eigenvalue weighted by atomic mass is 16.3. The van der Waals surface area contributed by atoms with Gasteiger partial charge in [-0.25, -0.2) is 0 Å². The molecule has 1 unspecified atom stereocenters. The lowest BCUT2D eigenvalue weighted by atomic mass is 9.62. The van der Waals surface area contributed by atoms with Gasteiger partial charge in [0.05, 0.1) is 23.9 Å². The lowest BCUT2D eigenvalue weighted by Gasteiger charge is -2.43. The molecule has 0 saturated heterocycles. The number of fused-ring (bicyclic) bond motifs is 1. The molecule has 4 heteroatoms. The Labute approximate surface area is 188 Å². The standard InChI is InChI=1S/C27H42O4/c1-17(8-13-25(30)26(3,4)31)22-11-12-23-19(7-6-14-27(22,23)5)9-10-20-15-21(28)16-24(29)18(20)2/h9-11,17,21,23-25,28-31H,2,6-8,12-16H2,1,3-5H3/t17-,21+,23+,24+,25?,27-/m1/s1. The second-order valence-electron chi connectivity index (χ2n) is 10.9. The van der Waals surface area contributed by atoms with Gasteiger partial charge >= 0.3 is 0 Å². The fourth-order valence-electron chi connectivity index (χ4n) is 6.00. The maximum Gasteiger partial charge on any atom is 0.0849 e. The second-order valence-corrected chi connectivity index (χ2v) is 10.9. The number of aliphatic hydroxyl groups excluding tert-OH is 3. The van der Waals surface area contributed by atoms with Crippen molar-refractivity contribution >= 4 is 0 Å². The lowest BCUT2D eigenvalue weighted by molar-refractivity contribution is -0.0532. The minimum absolute atomic E-state index is 0.143. The van der Waals surface area contributed by atoms with Crippen molar-refractivity contribution in [2.45, 2.75) is 103 Å². The molecule has 0 bridgehead atoms. The molecule has 3 aliphatic carbocycles. The van der Waals surface area contributed by atoms with Gasteiger partial charge in [0, 0.05) is 6.42 Å². The Morgan fingerprint density at radius 3 is 2.65 bits per heavy atom. The molecule has 4 nitrogen and oxygen atoms in total. The third-order valence-corrected chi connectivity index (χ3v) is 8.09. The summed E-state index contributed by atoms with van der Waals surface area (Å²) in [4.78, 5) is 0.